The summed E-state index contributed by atoms with van der Waals surface area (Å²) in [6.07, 6.45) is 0.558. The highest BCUT2D eigenvalue weighted by Crippen LogP contribution is 2.12. The molecule has 0 unspecified atom stereocenters. The van der Waals surface area contributed by atoms with Crippen LogP contribution in [0.2, 0.25) is 0 Å². The normalized spacial score (nSPS) is 12.0. The zero-order valence-corrected chi connectivity index (χ0v) is 10.8. The predicted octanol–water partition coefficient (Wildman–Crippen LogP) is 0.931. The Morgan fingerprint density at radius 3 is 1.67 bits per heavy atom. The maximum atomic E-state index is 8.67. The van der Waals surface area contributed by atoms with E-state index in [0.717, 1.165) is 0 Å². The lowest BCUT2D eigenvalue weighted by atomic mass is 10.5. The summed E-state index contributed by atoms with van der Waals surface area (Å²) in [5.41, 5.74) is 0. The van der Waals surface area contributed by atoms with Crippen LogP contribution in [-0.4, -0.2) is 47.2 Å². The number of aliphatic hydroxyl groups excluding tert-OH is 1. The molecule has 0 bridgehead atoms. The van der Waals surface area contributed by atoms with Crippen molar-refractivity contribution in [2.75, 3.05) is 33.0 Å². The fraction of sp³-hybridized carbons (Fsp3) is 1.00. The highest BCUT2D eigenvalue weighted by molar-refractivity contribution is 6.53. The van der Waals surface area contributed by atoms with Gasteiger partial charge in [0, 0.05) is 33.0 Å². The molecule has 0 saturated heterocycles. The van der Waals surface area contributed by atoms with Crippen LogP contribution in [0.4, 0.5) is 0 Å². The van der Waals surface area contributed by atoms with E-state index in [1.807, 2.05) is 20.8 Å². The lowest BCUT2D eigenvalue weighted by Gasteiger charge is -2.26. The molecule has 0 heterocycles. The van der Waals surface area contributed by atoms with Crippen molar-refractivity contribution >= 4 is 9.05 Å². The minimum Gasteiger partial charge on any atom is -0.396 e. The second-order valence-electron chi connectivity index (χ2n) is 2.72. The minimum atomic E-state index is -2.94. The third kappa shape index (κ3) is 6.24. The standard InChI is InChI=1S/C9H22O5Si/c1-4-11-15(12-5-2,13-6-3)14-9-7-8-10/h10H,4-9H2,1-3H3. The molecule has 0 saturated carbocycles. The predicted molar refractivity (Wildman–Crippen MR) is 58.3 cm³/mol. The van der Waals surface area contributed by atoms with Gasteiger partial charge in [-0.2, -0.15) is 0 Å². The summed E-state index contributed by atoms with van der Waals surface area (Å²) in [7, 11) is -2.94. The van der Waals surface area contributed by atoms with E-state index in [0.29, 0.717) is 32.8 Å². The van der Waals surface area contributed by atoms with Crippen molar-refractivity contribution in [1.82, 2.24) is 0 Å². The van der Waals surface area contributed by atoms with Gasteiger partial charge in [-0.15, -0.1) is 0 Å². The monoisotopic (exact) mass is 238 g/mol. The van der Waals surface area contributed by atoms with Crippen LogP contribution in [-0.2, 0) is 17.7 Å². The summed E-state index contributed by atoms with van der Waals surface area (Å²) in [6, 6.07) is 0. The van der Waals surface area contributed by atoms with Gasteiger partial charge in [0.2, 0.25) is 0 Å². The molecule has 1 N–H and O–H groups in total. The minimum absolute atomic E-state index is 0.0921. The molecule has 15 heavy (non-hydrogen) atoms. The third-order valence-electron chi connectivity index (χ3n) is 1.54. The first-order chi connectivity index (χ1) is 7.24. The Bertz CT molecular complexity index is 127. The van der Waals surface area contributed by atoms with E-state index in [1.165, 1.54) is 0 Å². The Hall–Kier alpha value is 0.0169. The molecular formula is C9H22O5Si. The molecule has 0 fully saturated rings. The lowest BCUT2D eigenvalue weighted by Crippen LogP contribution is -2.49. The van der Waals surface area contributed by atoms with Crippen molar-refractivity contribution in [2.24, 2.45) is 0 Å². The summed E-state index contributed by atoms with van der Waals surface area (Å²) >= 11 is 0. The summed E-state index contributed by atoms with van der Waals surface area (Å²) in [6.45, 7) is 7.57. The molecule has 0 aliphatic carbocycles. The maximum absolute atomic E-state index is 8.67. The number of rotatable bonds is 10. The smallest absolute Gasteiger partial charge is 0.396 e. The SMILES string of the molecule is CCO[Si](OCC)(OCC)OCCCO. The summed E-state index contributed by atoms with van der Waals surface area (Å²) < 4.78 is 21.8. The van der Waals surface area contributed by atoms with Crippen LogP contribution in [0.25, 0.3) is 0 Å². The summed E-state index contributed by atoms with van der Waals surface area (Å²) in [5.74, 6) is 0. The van der Waals surface area contributed by atoms with Crippen molar-refractivity contribution in [1.29, 1.82) is 0 Å². The van der Waals surface area contributed by atoms with Crippen LogP contribution in [0.15, 0.2) is 0 Å². The molecule has 0 radical (unpaired) electrons. The molecular weight excluding hydrogens is 216 g/mol. The Morgan fingerprint density at radius 2 is 1.33 bits per heavy atom. The van der Waals surface area contributed by atoms with Gasteiger partial charge in [-0.1, -0.05) is 0 Å². The molecule has 0 rings (SSSR count). The molecule has 0 aromatic rings. The quantitative estimate of drug-likeness (QED) is 0.453. The number of aliphatic hydroxyl groups is 1. The molecule has 5 nitrogen and oxygen atoms in total. The second-order valence-corrected chi connectivity index (χ2v) is 4.88. The average molecular weight is 238 g/mol. The molecule has 0 aromatic carbocycles. The van der Waals surface area contributed by atoms with Crippen molar-refractivity contribution < 1.29 is 22.8 Å². The fourth-order valence-electron chi connectivity index (χ4n) is 1.04. The Balaban J connectivity index is 4.18. The van der Waals surface area contributed by atoms with Gasteiger partial charge in [0.1, 0.15) is 0 Å². The van der Waals surface area contributed by atoms with Crippen molar-refractivity contribution in [3.05, 3.63) is 0 Å². The van der Waals surface area contributed by atoms with Crippen molar-refractivity contribution in [3.8, 4) is 0 Å². The molecule has 0 aliphatic heterocycles. The highest BCUT2D eigenvalue weighted by atomic mass is 28.4. The van der Waals surface area contributed by atoms with E-state index in [9.17, 15) is 0 Å². The van der Waals surface area contributed by atoms with E-state index >= 15 is 0 Å². The van der Waals surface area contributed by atoms with Gasteiger partial charge in [0.15, 0.2) is 0 Å². The van der Waals surface area contributed by atoms with Gasteiger partial charge in [-0.3, -0.25) is 0 Å². The number of hydrogen-bond acceptors (Lipinski definition) is 5. The van der Waals surface area contributed by atoms with Crippen LogP contribution in [0.1, 0.15) is 27.2 Å². The lowest BCUT2D eigenvalue weighted by molar-refractivity contribution is -0.0292. The maximum Gasteiger partial charge on any atom is 0.679 e. The van der Waals surface area contributed by atoms with Gasteiger partial charge >= 0.3 is 9.05 Å². The summed E-state index contributed by atoms with van der Waals surface area (Å²) in [4.78, 5) is 0. The van der Waals surface area contributed by atoms with Gasteiger partial charge in [0.05, 0.1) is 0 Å². The molecule has 0 aromatic heterocycles. The Morgan fingerprint density at radius 1 is 0.867 bits per heavy atom. The van der Waals surface area contributed by atoms with Gasteiger partial charge in [-0.25, -0.2) is 0 Å². The first-order valence-corrected chi connectivity index (χ1v) is 7.04. The molecule has 0 amide bonds. The first kappa shape index (κ1) is 15.0. The zero-order chi connectivity index (χ0) is 11.6. The van der Waals surface area contributed by atoms with Gasteiger partial charge in [-0.05, 0) is 27.2 Å². The van der Waals surface area contributed by atoms with Crippen LogP contribution in [0, 0.1) is 0 Å². The van der Waals surface area contributed by atoms with E-state index in [2.05, 4.69) is 0 Å². The second kappa shape index (κ2) is 9.26. The van der Waals surface area contributed by atoms with E-state index in [1.54, 1.807) is 0 Å². The molecule has 0 aliphatic rings. The fourth-order valence-corrected chi connectivity index (χ4v) is 3.00. The van der Waals surface area contributed by atoms with E-state index in [-0.39, 0.29) is 6.61 Å². The first-order valence-electron chi connectivity index (χ1n) is 5.41. The molecule has 6 heteroatoms. The highest BCUT2D eigenvalue weighted by Gasteiger charge is 2.44. The average Bonchev–Trinajstić information content (AvgIpc) is 2.19. The van der Waals surface area contributed by atoms with E-state index in [4.69, 9.17) is 22.8 Å². The number of hydrogen-bond donors (Lipinski definition) is 1. The molecule has 0 atom stereocenters. The van der Waals surface area contributed by atoms with Gasteiger partial charge < -0.3 is 22.8 Å². The third-order valence-corrected chi connectivity index (χ3v) is 4.03. The van der Waals surface area contributed by atoms with Crippen LogP contribution in [0.5, 0.6) is 0 Å². The van der Waals surface area contributed by atoms with E-state index < -0.39 is 9.05 Å². The topological polar surface area (TPSA) is 57.2 Å². The van der Waals surface area contributed by atoms with Crippen LogP contribution in [0.3, 0.4) is 0 Å². The zero-order valence-electron chi connectivity index (χ0n) is 9.82. The van der Waals surface area contributed by atoms with Crippen LogP contribution < -0.4 is 0 Å². The summed E-state index contributed by atoms with van der Waals surface area (Å²) in [5, 5.41) is 8.67. The Kier molecular flexibility index (Phi) is 9.27. The Labute approximate surface area is 92.8 Å². The van der Waals surface area contributed by atoms with Crippen molar-refractivity contribution in [3.63, 3.8) is 0 Å². The van der Waals surface area contributed by atoms with Crippen molar-refractivity contribution in [2.45, 2.75) is 27.2 Å². The largest absolute Gasteiger partial charge is 0.679 e. The van der Waals surface area contributed by atoms with Crippen LogP contribution >= 0.6 is 0 Å². The molecule has 92 valence electrons. The van der Waals surface area contributed by atoms with Gasteiger partial charge in [0.25, 0.3) is 0 Å². The molecule has 0 spiro atoms.